The van der Waals surface area contributed by atoms with Crippen LogP contribution in [0.5, 0.6) is 5.75 Å². The Morgan fingerprint density at radius 3 is 2.20 bits per heavy atom. The molecule has 0 aliphatic heterocycles. The van der Waals surface area contributed by atoms with Crippen LogP contribution < -0.4 is 4.74 Å². The number of halogens is 2. The molecule has 0 amide bonds. The maximum atomic E-state index is 11.5. The maximum absolute atomic E-state index is 11.5. The summed E-state index contributed by atoms with van der Waals surface area (Å²) in [4.78, 5) is 0. The lowest BCUT2D eigenvalue weighted by molar-refractivity contribution is -0.0498. The first-order chi connectivity index (χ1) is 4.79. The molecular weight excluding hydrogens is 138 g/mol. The van der Waals surface area contributed by atoms with E-state index in [2.05, 4.69) is 4.74 Å². The van der Waals surface area contributed by atoms with Crippen LogP contribution in [0, 0.1) is 0 Å². The topological polar surface area (TPSA) is 9.23 Å². The van der Waals surface area contributed by atoms with Crippen molar-refractivity contribution < 1.29 is 13.5 Å². The predicted molar refractivity (Wildman–Crippen MR) is 33.1 cm³/mol. The summed E-state index contributed by atoms with van der Waals surface area (Å²) in [5, 5.41) is 0. The third-order valence-electron chi connectivity index (χ3n) is 0.968. The third kappa shape index (κ3) is 2.01. The van der Waals surface area contributed by atoms with Gasteiger partial charge in [0.05, 0.1) is 0 Å². The lowest BCUT2D eigenvalue weighted by atomic mass is 10.3. The van der Waals surface area contributed by atoms with Crippen molar-refractivity contribution in [3.05, 3.63) is 30.3 Å². The van der Waals surface area contributed by atoms with Gasteiger partial charge in [0.1, 0.15) is 5.75 Å². The second kappa shape index (κ2) is 3.15. The molecule has 0 unspecified atom stereocenters. The summed E-state index contributed by atoms with van der Waals surface area (Å²) < 4.78 is 27.1. The van der Waals surface area contributed by atoms with Crippen LogP contribution in [-0.2, 0) is 0 Å². The Labute approximate surface area is 57.2 Å². The molecule has 0 spiro atoms. The minimum Gasteiger partial charge on any atom is -0.435 e. The molecular formula is C7H6F2O. The summed E-state index contributed by atoms with van der Waals surface area (Å²) in [7, 11) is 0. The predicted octanol–water partition coefficient (Wildman–Crippen LogP) is 2.29. The van der Waals surface area contributed by atoms with Crippen molar-refractivity contribution in [2.45, 2.75) is 6.61 Å². The largest absolute Gasteiger partial charge is 0.435 e. The van der Waals surface area contributed by atoms with Gasteiger partial charge in [-0.2, -0.15) is 8.78 Å². The molecule has 54 valence electrons. The summed E-state index contributed by atoms with van der Waals surface area (Å²) in [6.07, 6.45) is 0. The Bertz CT molecular complexity index is 186. The average molecular weight is 144 g/mol. The molecule has 0 fully saturated rings. The second-order valence-electron chi connectivity index (χ2n) is 1.69. The Morgan fingerprint density at radius 2 is 1.70 bits per heavy atom. The van der Waals surface area contributed by atoms with Crippen molar-refractivity contribution in [3.63, 3.8) is 0 Å². The van der Waals surface area contributed by atoms with Gasteiger partial charge in [0.15, 0.2) is 0 Å². The first kappa shape index (κ1) is 6.99. The summed E-state index contributed by atoms with van der Waals surface area (Å²) in [5.74, 6) is 0.192. The van der Waals surface area contributed by atoms with Crippen LogP contribution in [0.4, 0.5) is 8.78 Å². The zero-order valence-electron chi connectivity index (χ0n) is 5.13. The highest BCUT2D eigenvalue weighted by Gasteiger charge is 2.01. The molecule has 0 atom stereocenters. The monoisotopic (exact) mass is 144 g/mol. The Balaban J connectivity index is 2.59. The van der Waals surface area contributed by atoms with Gasteiger partial charge in [0.2, 0.25) is 0 Å². The number of rotatable bonds is 2. The number of para-hydroxylation sites is 1. The van der Waals surface area contributed by atoms with E-state index >= 15 is 0 Å². The molecule has 0 aliphatic rings. The molecule has 10 heavy (non-hydrogen) atoms. The molecule has 1 nitrogen and oxygen atoms in total. The average Bonchev–Trinajstić information content (AvgIpc) is 1.88. The van der Waals surface area contributed by atoms with Crippen molar-refractivity contribution in [3.8, 4) is 5.75 Å². The molecule has 0 heterocycles. The molecule has 0 bridgehead atoms. The van der Waals surface area contributed by atoms with Gasteiger partial charge < -0.3 is 4.74 Å². The number of hydrogen-bond donors (Lipinski definition) is 0. The van der Waals surface area contributed by atoms with E-state index in [-0.39, 0.29) is 5.75 Å². The van der Waals surface area contributed by atoms with Crippen molar-refractivity contribution >= 4 is 0 Å². The van der Waals surface area contributed by atoms with Crippen LogP contribution in [-0.4, -0.2) is 6.61 Å². The van der Waals surface area contributed by atoms with Crippen LogP contribution in [0.15, 0.2) is 30.3 Å². The third-order valence-corrected chi connectivity index (χ3v) is 0.968. The molecule has 1 rings (SSSR count). The number of benzene rings is 1. The van der Waals surface area contributed by atoms with E-state index in [1.807, 2.05) is 0 Å². The maximum Gasteiger partial charge on any atom is 0.387 e. The van der Waals surface area contributed by atoms with E-state index in [0.717, 1.165) is 0 Å². The van der Waals surface area contributed by atoms with Gasteiger partial charge in [-0.3, -0.25) is 0 Å². The fourth-order valence-electron chi connectivity index (χ4n) is 0.602. The number of ether oxygens (including phenoxy) is 1. The minimum atomic E-state index is -2.73. The summed E-state index contributed by atoms with van der Waals surface area (Å²) >= 11 is 0. The van der Waals surface area contributed by atoms with Crippen molar-refractivity contribution in [2.24, 2.45) is 0 Å². The standard InChI is InChI=1S/C7H6F2O/c8-7(9)10-6-4-2-1-3-5-6/h1-5,7H. The zero-order valence-corrected chi connectivity index (χ0v) is 5.13. The highest BCUT2D eigenvalue weighted by molar-refractivity contribution is 5.20. The summed E-state index contributed by atoms with van der Waals surface area (Å²) in [6.45, 7) is -2.73. The quantitative estimate of drug-likeness (QED) is 0.618. The van der Waals surface area contributed by atoms with Crippen LogP contribution in [0.1, 0.15) is 0 Å². The minimum absolute atomic E-state index is 0.192. The van der Waals surface area contributed by atoms with Crippen LogP contribution in [0.2, 0.25) is 0 Å². The molecule has 1 aromatic rings. The van der Waals surface area contributed by atoms with Gasteiger partial charge in [-0.25, -0.2) is 0 Å². The molecule has 3 heteroatoms. The Hall–Kier alpha value is -1.12. The molecule has 0 N–H and O–H groups in total. The SMILES string of the molecule is FC(F)Oc1ccccc1. The molecule has 1 aromatic carbocycles. The van der Waals surface area contributed by atoms with Gasteiger partial charge in [0.25, 0.3) is 0 Å². The fourth-order valence-corrected chi connectivity index (χ4v) is 0.602. The fraction of sp³-hybridized carbons (Fsp3) is 0.143. The van der Waals surface area contributed by atoms with E-state index in [1.54, 1.807) is 18.2 Å². The lowest BCUT2D eigenvalue weighted by Gasteiger charge is -2.01. The first-order valence-corrected chi connectivity index (χ1v) is 2.79. The van der Waals surface area contributed by atoms with Crippen molar-refractivity contribution in [1.82, 2.24) is 0 Å². The van der Waals surface area contributed by atoms with E-state index < -0.39 is 6.61 Å². The van der Waals surface area contributed by atoms with Gasteiger partial charge >= 0.3 is 6.61 Å². The summed E-state index contributed by atoms with van der Waals surface area (Å²) in [5.41, 5.74) is 0. The lowest BCUT2D eigenvalue weighted by Crippen LogP contribution is -2.00. The highest BCUT2D eigenvalue weighted by atomic mass is 19.3. The second-order valence-corrected chi connectivity index (χ2v) is 1.69. The highest BCUT2D eigenvalue weighted by Crippen LogP contribution is 2.11. The Morgan fingerprint density at radius 1 is 1.10 bits per heavy atom. The van der Waals surface area contributed by atoms with Crippen LogP contribution in [0.25, 0.3) is 0 Å². The zero-order chi connectivity index (χ0) is 7.40. The van der Waals surface area contributed by atoms with Crippen LogP contribution >= 0.6 is 0 Å². The molecule has 0 saturated heterocycles. The van der Waals surface area contributed by atoms with Crippen molar-refractivity contribution in [2.75, 3.05) is 0 Å². The van der Waals surface area contributed by atoms with Crippen molar-refractivity contribution in [1.29, 1.82) is 0 Å². The van der Waals surface area contributed by atoms with Gasteiger partial charge in [-0.05, 0) is 12.1 Å². The first-order valence-electron chi connectivity index (χ1n) is 2.79. The van der Waals surface area contributed by atoms with Gasteiger partial charge in [-0.1, -0.05) is 18.2 Å². The summed E-state index contributed by atoms with van der Waals surface area (Å²) in [6, 6.07) is 7.96. The number of alkyl halides is 2. The molecule has 0 saturated carbocycles. The van der Waals surface area contributed by atoms with E-state index in [4.69, 9.17) is 0 Å². The van der Waals surface area contributed by atoms with Crippen LogP contribution in [0.3, 0.4) is 0 Å². The van der Waals surface area contributed by atoms with E-state index in [0.29, 0.717) is 0 Å². The number of hydrogen-bond acceptors (Lipinski definition) is 1. The molecule has 0 aromatic heterocycles. The molecule has 0 aliphatic carbocycles. The van der Waals surface area contributed by atoms with E-state index in [9.17, 15) is 8.78 Å². The van der Waals surface area contributed by atoms with Gasteiger partial charge in [-0.15, -0.1) is 0 Å². The van der Waals surface area contributed by atoms with Gasteiger partial charge in [0, 0.05) is 0 Å². The Kier molecular flexibility index (Phi) is 2.20. The molecule has 0 radical (unpaired) electrons. The van der Waals surface area contributed by atoms with E-state index in [1.165, 1.54) is 12.1 Å². The normalized spacial score (nSPS) is 9.90. The smallest absolute Gasteiger partial charge is 0.387 e.